The molecule has 0 heterocycles. The molecule has 0 saturated heterocycles. The van der Waals surface area contributed by atoms with Gasteiger partial charge in [-0.05, 0) is 31.6 Å². The predicted molar refractivity (Wildman–Crippen MR) is 51.4 cm³/mol. The second kappa shape index (κ2) is 4.73. The van der Waals surface area contributed by atoms with Crippen LogP contribution < -0.4 is 0 Å². The molecule has 1 atom stereocenters. The normalized spacial score (nSPS) is 32.9. The lowest BCUT2D eigenvalue weighted by atomic mass is 9.72. The van der Waals surface area contributed by atoms with Gasteiger partial charge < -0.3 is 9.66 Å². The van der Waals surface area contributed by atoms with Crippen molar-refractivity contribution in [3.63, 3.8) is 0 Å². The van der Waals surface area contributed by atoms with Crippen LogP contribution in [0.3, 0.4) is 0 Å². The van der Waals surface area contributed by atoms with Crippen LogP contribution in [0.25, 0.3) is 0 Å². The topological polar surface area (TPSA) is 101 Å². The first-order chi connectivity index (χ1) is 7.00. The van der Waals surface area contributed by atoms with Gasteiger partial charge in [0, 0.05) is 5.75 Å². The van der Waals surface area contributed by atoms with Crippen LogP contribution in [-0.2, 0) is 15.9 Å². The average molecular weight is 230 g/mol. The third-order valence-corrected chi connectivity index (χ3v) is 3.70. The second-order valence-electron chi connectivity index (χ2n) is 3.91. The summed E-state index contributed by atoms with van der Waals surface area (Å²) in [6.07, 6.45) is 1.49. The number of carbonyl (C=O) groups is 1. The number of nitriles is 1. The Kier molecular flexibility index (Phi) is 3.83. The van der Waals surface area contributed by atoms with E-state index in [1.807, 2.05) is 6.07 Å². The standard InChI is InChI=1S/C9H13NO4S/c10-6-9(8(11)12)3-1-7(2-4-9)5-15(13)14/h7H,1-5H2,(H,11,12)(H,13,14)/p-1. The number of aliphatic carboxylic acids is 1. The first kappa shape index (κ1) is 12.1. The van der Waals surface area contributed by atoms with Gasteiger partial charge in [0.1, 0.15) is 0 Å². The van der Waals surface area contributed by atoms with Gasteiger partial charge in [-0.3, -0.25) is 9.00 Å². The Labute approximate surface area is 90.4 Å². The molecule has 84 valence electrons. The summed E-state index contributed by atoms with van der Waals surface area (Å²) in [6, 6.07) is 1.84. The van der Waals surface area contributed by atoms with Crippen LogP contribution in [0.4, 0.5) is 0 Å². The quantitative estimate of drug-likeness (QED) is 0.717. The summed E-state index contributed by atoms with van der Waals surface area (Å²) in [4.78, 5) is 10.9. The summed E-state index contributed by atoms with van der Waals surface area (Å²) in [5, 5.41) is 17.7. The zero-order valence-corrected chi connectivity index (χ0v) is 8.96. The third kappa shape index (κ3) is 2.76. The van der Waals surface area contributed by atoms with Gasteiger partial charge in [0.05, 0.1) is 6.07 Å². The van der Waals surface area contributed by atoms with E-state index < -0.39 is 22.5 Å². The van der Waals surface area contributed by atoms with Crippen LogP contribution in [0.5, 0.6) is 0 Å². The maximum atomic E-state index is 10.9. The van der Waals surface area contributed by atoms with Crippen molar-refractivity contribution in [3.8, 4) is 6.07 Å². The van der Waals surface area contributed by atoms with E-state index in [0.29, 0.717) is 12.8 Å². The molecular weight excluding hydrogens is 218 g/mol. The van der Waals surface area contributed by atoms with Gasteiger partial charge in [0.15, 0.2) is 5.41 Å². The molecule has 0 amide bonds. The van der Waals surface area contributed by atoms with E-state index in [1.54, 1.807) is 0 Å². The molecule has 1 fully saturated rings. The fourth-order valence-electron chi connectivity index (χ4n) is 1.90. The van der Waals surface area contributed by atoms with Crippen LogP contribution in [-0.4, -0.2) is 25.6 Å². The number of rotatable bonds is 3. The van der Waals surface area contributed by atoms with Gasteiger partial charge in [-0.1, -0.05) is 11.1 Å². The Morgan fingerprint density at radius 3 is 2.47 bits per heavy atom. The minimum absolute atomic E-state index is 0.00385. The summed E-state index contributed by atoms with van der Waals surface area (Å²) in [6.45, 7) is 0. The molecule has 0 aromatic carbocycles. The van der Waals surface area contributed by atoms with Crippen molar-refractivity contribution in [2.45, 2.75) is 25.7 Å². The first-order valence-electron chi connectivity index (χ1n) is 4.71. The van der Waals surface area contributed by atoms with Crippen LogP contribution >= 0.6 is 0 Å². The first-order valence-corrected chi connectivity index (χ1v) is 5.95. The largest absolute Gasteiger partial charge is 0.772 e. The van der Waals surface area contributed by atoms with Gasteiger partial charge in [-0.2, -0.15) is 5.26 Å². The third-order valence-electron chi connectivity index (χ3n) is 2.95. The van der Waals surface area contributed by atoms with Crippen LogP contribution in [0.2, 0.25) is 0 Å². The lowest BCUT2D eigenvalue weighted by molar-refractivity contribution is -0.147. The summed E-state index contributed by atoms with van der Waals surface area (Å²) in [5.74, 6) is -1.02. The van der Waals surface area contributed by atoms with Crippen molar-refractivity contribution in [2.75, 3.05) is 5.75 Å². The molecule has 6 heteroatoms. The van der Waals surface area contributed by atoms with Gasteiger partial charge in [-0.15, -0.1) is 0 Å². The van der Waals surface area contributed by atoms with E-state index in [2.05, 4.69) is 0 Å². The molecule has 0 radical (unpaired) electrons. The smallest absolute Gasteiger partial charge is 0.324 e. The van der Waals surface area contributed by atoms with E-state index in [9.17, 15) is 13.6 Å². The fraction of sp³-hybridized carbons (Fsp3) is 0.778. The molecule has 0 aliphatic heterocycles. The van der Waals surface area contributed by atoms with Crippen molar-refractivity contribution in [2.24, 2.45) is 11.3 Å². The average Bonchev–Trinajstić information content (AvgIpc) is 2.18. The zero-order valence-electron chi connectivity index (χ0n) is 8.14. The molecule has 1 rings (SSSR count). The molecule has 5 nitrogen and oxygen atoms in total. The maximum Gasteiger partial charge on any atom is 0.324 e. The van der Waals surface area contributed by atoms with E-state index >= 15 is 0 Å². The Bertz CT molecular complexity index is 315. The predicted octanol–water partition coefficient (Wildman–Crippen LogP) is 0.650. The molecule has 1 aliphatic rings. The molecule has 1 aliphatic carbocycles. The van der Waals surface area contributed by atoms with Crippen molar-refractivity contribution in [1.82, 2.24) is 0 Å². The Morgan fingerprint density at radius 2 is 2.13 bits per heavy atom. The molecule has 0 spiro atoms. The van der Waals surface area contributed by atoms with Crippen molar-refractivity contribution in [1.29, 1.82) is 5.26 Å². The molecular formula is C9H12NO4S-. The van der Waals surface area contributed by atoms with Crippen LogP contribution in [0, 0.1) is 22.7 Å². The molecule has 1 N–H and O–H groups in total. The minimum Gasteiger partial charge on any atom is -0.772 e. The number of nitrogens with zero attached hydrogens (tertiary/aromatic N) is 1. The Balaban J connectivity index is 2.58. The minimum atomic E-state index is -2.08. The maximum absolute atomic E-state index is 10.9. The molecule has 0 bridgehead atoms. The lowest BCUT2D eigenvalue weighted by Gasteiger charge is -2.31. The molecule has 0 aromatic heterocycles. The molecule has 15 heavy (non-hydrogen) atoms. The summed E-state index contributed by atoms with van der Waals surface area (Å²) in [5.41, 5.74) is -1.29. The summed E-state index contributed by atoms with van der Waals surface area (Å²) < 4.78 is 20.9. The van der Waals surface area contributed by atoms with Crippen LogP contribution in [0.15, 0.2) is 0 Å². The second-order valence-corrected chi connectivity index (χ2v) is 4.85. The molecule has 1 unspecified atom stereocenters. The summed E-state index contributed by atoms with van der Waals surface area (Å²) in [7, 11) is 0. The van der Waals surface area contributed by atoms with Gasteiger partial charge in [-0.25, -0.2) is 0 Å². The molecule has 0 aromatic rings. The number of hydrogen-bond donors (Lipinski definition) is 1. The van der Waals surface area contributed by atoms with E-state index in [1.165, 1.54) is 0 Å². The highest BCUT2D eigenvalue weighted by Crippen LogP contribution is 2.38. The highest BCUT2D eigenvalue weighted by atomic mass is 32.2. The van der Waals surface area contributed by atoms with E-state index in [0.717, 1.165) is 0 Å². The zero-order chi connectivity index (χ0) is 11.5. The SMILES string of the molecule is N#CC1(C(=O)O)CCC(CS(=O)[O-])CC1. The van der Waals surface area contributed by atoms with E-state index in [-0.39, 0.29) is 24.5 Å². The van der Waals surface area contributed by atoms with Gasteiger partial charge in [0.2, 0.25) is 0 Å². The van der Waals surface area contributed by atoms with Gasteiger partial charge in [0.25, 0.3) is 0 Å². The van der Waals surface area contributed by atoms with Crippen LogP contribution in [0.1, 0.15) is 25.7 Å². The number of carboxylic acid groups (broad SMARTS) is 1. The van der Waals surface area contributed by atoms with Crippen molar-refractivity contribution in [3.05, 3.63) is 0 Å². The molecule has 1 saturated carbocycles. The number of carboxylic acids is 1. The summed E-state index contributed by atoms with van der Waals surface area (Å²) >= 11 is -2.08. The van der Waals surface area contributed by atoms with Gasteiger partial charge >= 0.3 is 5.97 Å². The van der Waals surface area contributed by atoms with Crippen molar-refractivity contribution >= 4 is 17.0 Å². The van der Waals surface area contributed by atoms with E-state index in [4.69, 9.17) is 10.4 Å². The fourth-order valence-corrected chi connectivity index (χ4v) is 2.62. The lowest BCUT2D eigenvalue weighted by Crippen LogP contribution is -2.35. The monoisotopic (exact) mass is 230 g/mol. The van der Waals surface area contributed by atoms with Crippen molar-refractivity contribution < 1.29 is 18.7 Å². The Morgan fingerprint density at radius 1 is 1.60 bits per heavy atom. The Hall–Kier alpha value is -0.930. The highest BCUT2D eigenvalue weighted by molar-refractivity contribution is 7.79. The number of hydrogen-bond acceptors (Lipinski definition) is 4. The highest BCUT2D eigenvalue weighted by Gasteiger charge is 2.42.